The van der Waals surface area contributed by atoms with Gasteiger partial charge < -0.3 is 4.90 Å². The molecular formula is C42H27N. The zero-order chi connectivity index (χ0) is 28.3. The van der Waals surface area contributed by atoms with Gasteiger partial charge in [-0.1, -0.05) is 121 Å². The van der Waals surface area contributed by atoms with Crippen molar-refractivity contribution in [2.24, 2.45) is 0 Å². The Morgan fingerprint density at radius 2 is 0.860 bits per heavy atom. The third-order valence-electron chi connectivity index (χ3n) is 8.91. The van der Waals surface area contributed by atoms with Crippen molar-refractivity contribution in [1.29, 1.82) is 0 Å². The number of anilines is 3. The third-order valence-corrected chi connectivity index (χ3v) is 8.91. The van der Waals surface area contributed by atoms with Gasteiger partial charge in [-0.25, -0.2) is 0 Å². The highest BCUT2D eigenvalue weighted by molar-refractivity contribution is 6.20. The van der Waals surface area contributed by atoms with Crippen LogP contribution in [0.25, 0.3) is 65.7 Å². The number of fused-ring (bicyclic) bond motifs is 7. The SMILES string of the molecule is c1ccc(-c2ccc(N(c3ccc4ccccc4c3)c3c4c(cc5ccccc35)-c3cc5ccccc5cc3-4)cc2)cc1. The molecule has 0 amide bonds. The van der Waals surface area contributed by atoms with Gasteiger partial charge in [0, 0.05) is 22.3 Å². The number of nitrogens with zero attached hydrogens (tertiary/aromatic N) is 1. The molecule has 1 nitrogen and oxygen atoms in total. The number of benzene rings is 8. The van der Waals surface area contributed by atoms with Crippen LogP contribution in [-0.4, -0.2) is 0 Å². The van der Waals surface area contributed by atoms with E-state index in [0.29, 0.717) is 0 Å². The molecule has 0 saturated heterocycles. The summed E-state index contributed by atoms with van der Waals surface area (Å²) >= 11 is 0. The minimum Gasteiger partial charge on any atom is -0.309 e. The van der Waals surface area contributed by atoms with Gasteiger partial charge in [0.05, 0.1) is 5.69 Å². The van der Waals surface area contributed by atoms with E-state index in [0.717, 1.165) is 11.4 Å². The molecular weight excluding hydrogens is 518 g/mol. The molecule has 8 aromatic carbocycles. The van der Waals surface area contributed by atoms with Gasteiger partial charge in [-0.15, -0.1) is 0 Å². The zero-order valence-electron chi connectivity index (χ0n) is 23.5. The summed E-state index contributed by atoms with van der Waals surface area (Å²) in [6.07, 6.45) is 0. The molecule has 0 fully saturated rings. The van der Waals surface area contributed by atoms with Crippen LogP contribution in [-0.2, 0) is 0 Å². The summed E-state index contributed by atoms with van der Waals surface area (Å²) in [4.78, 5) is 2.47. The van der Waals surface area contributed by atoms with Gasteiger partial charge in [0.15, 0.2) is 0 Å². The minimum atomic E-state index is 1.14. The highest BCUT2D eigenvalue weighted by atomic mass is 15.1. The Hall–Kier alpha value is -5.66. The summed E-state index contributed by atoms with van der Waals surface area (Å²) in [6, 6.07) is 59.7. The Morgan fingerprint density at radius 1 is 0.326 bits per heavy atom. The van der Waals surface area contributed by atoms with Crippen LogP contribution in [0.3, 0.4) is 0 Å². The molecule has 0 spiro atoms. The Balaban J connectivity index is 1.32. The van der Waals surface area contributed by atoms with Gasteiger partial charge in [-0.2, -0.15) is 0 Å². The maximum atomic E-state index is 2.47. The van der Waals surface area contributed by atoms with Crippen LogP contribution >= 0.6 is 0 Å². The molecule has 0 N–H and O–H groups in total. The van der Waals surface area contributed by atoms with Gasteiger partial charge in [-0.3, -0.25) is 0 Å². The van der Waals surface area contributed by atoms with Crippen LogP contribution in [0, 0.1) is 0 Å². The minimum absolute atomic E-state index is 1.14. The first-order chi connectivity index (χ1) is 21.3. The highest BCUT2D eigenvalue weighted by Crippen LogP contribution is 2.58. The van der Waals surface area contributed by atoms with Crippen molar-refractivity contribution in [2.45, 2.75) is 0 Å². The normalized spacial score (nSPS) is 11.7. The largest absolute Gasteiger partial charge is 0.309 e. The maximum absolute atomic E-state index is 2.47. The second-order valence-corrected chi connectivity index (χ2v) is 11.4. The average Bonchev–Trinajstić information content (AvgIpc) is 3.08. The lowest BCUT2D eigenvalue weighted by atomic mass is 9.76. The molecule has 1 aliphatic carbocycles. The lowest BCUT2D eigenvalue weighted by Crippen LogP contribution is -2.15. The van der Waals surface area contributed by atoms with Crippen molar-refractivity contribution in [3.8, 4) is 33.4 Å². The Kier molecular flexibility index (Phi) is 5.27. The van der Waals surface area contributed by atoms with Gasteiger partial charge >= 0.3 is 0 Å². The summed E-state index contributed by atoms with van der Waals surface area (Å²) < 4.78 is 0. The molecule has 9 rings (SSSR count). The molecule has 0 aromatic heterocycles. The number of hydrogen-bond acceptors (Lipinski definition) is 1. The number of rotatable bonds is 4. The lowest BCUT2D eigenvalue weighted by Gasteiger charge is -2.35. The standard InChI is InChI=1S/C42H27N/c1-2-10-28(11-3-1)30-18-21-35(22-19-30)43(36-23-20-29-12-4-5-13-31(29)24-36)42-37-17-9-8-16-34(37)27-40-38-25-32-14-6-7-15-33(32)26-39(38)41(40)42/h1-27H. The lowest BCUT2D eigenvalue weighted by molar-refractivity contribution is 1.30. The van der Waals surface area contributed by atoms with E-state index in [4.69, 9.17) is 0 Å². The first-order valence-electron chi connectivity index (χ1n) is 14.9. The van der Waals surface area contributed by atoms with Gasteiger partial charge in [-0.05, 0) is 97.2 Å². The van der Waals surface area contributed by atoms with Crippen molar-refractivity contribution in [3.63, 3.8) is 0 Å². The van der Waals surface area contributed by atoms with Crippen molar-refractivity contribution in [3.05, 3.63) is 164 Å². The Morgan fingerprint density at radius 3 is 1.60 bits per heavy atom. The quantitative estimate of drug-likeness (QED) is 0.213. The number of hydrogen-bond donors (Lipinski definition) is 0. The topological polar surface area (TPSA) is 3.24 Å². The van der Waals surface area contributed by atoms with E-state index >= 15 is 0 Å². The van der Waals surface area contributed by atoms with Crippen LogP contribution in [0.1, 0.15) is 0 Å². The van der Waals surface area contributed by atoms with Gasteiger partial charge in [0.2, 0.25) is 0 Å². The molecule has 200 valence electrons. The smallest absolute Gasteiger partial charge is 0.0624 e. The van der Waals surface area contributed by atoms with Crippen LogP contribution in [0.4, 0.5) is 17.1 Å². The Labute approximate surface area is 250 Å². The van der Waals surface area contributed by atoms with Crippen molar-refractivity contribution < 1.29 is 0 Å². The molecule has 0 atom stereocenters. The summed E-state index contributed by atoms with van der Waals surface area (Å²) in [7, 11) is 0. The fraction of sp³-hybridized carbons (Fsp3) is 0. The predicted molar refractivity (Wildman–Crippen MR) is 184 cm³/mol. The van der Waals surface area contributed by atoms with Crippen molar-refractivity contribution in [1.82, 2.24) is 0 Å². The molecule has 0 radical (unpaired) electrons. The molecule has 0 aliphatic heterocycles. The molecule has 8 aromatic rings. The van der Waals surface area contributed by atoms with Crippen LogP contribution in [0.15, 0.2) is 164 Å². The molecule has 0 unspecified atom stereocenters. The second kappa shape index (κ2) is 9.44. The Bertz CT molecular complexity index is 2330. The van der Waals surface area contributed by atoms with E-state index in [-0.39, 0.29) is 0 Å². The van der Waals surface area contributed by atoms with E-state index in [1.807, 2.05) is 0 Å². The monoisotopic (exact) mass is 545 g/mol. The molecule has 0 saturated carbocycles. The molecule has 1 aliphatic rings. The van der Waals surface area contributed by atoms with Crippen LogP contribution in [0.2, 0.25) is 0 Å². The summed E-state index contributed by atoms with van der Waals surface area (Å²) in [5.74, 6) is 0. The van der Waals surface area contributed by atoms with Crippen LogP contribution < -0.4 is 4.90 Å². The fourth-order valence-corrected chi connectivity index (χ4v) is 6.81. The van der Waals surface area contributed by atoms with E-state index in [2.05, 4.69) is 169 Å². The van der Waals surface area contributed by atoms with Crippen molar-refractivity contribution >= 4 is 49.4 Å². The molecule has 43 heavy (non-hydrogen) atoms. The fourth-order valence-electron chi connectivity index (χ4n) is 6.81. The summed E-state index contributed by atoms with van der Waals surface area (Å²) in [5.41, 5.74) is 11.3. The van der Waals surface area contributed by atoms with E-state index in [1.165, 1.54) is 71.4 Å². The first kappa shape index (κ1) is 24.0. The average molecular weight is 546 g/mol. The first-order valence-corrected chi connectivity index (χ1v) is 14.9. The third kappa shape index (κ3) is 3.79. The predicted octanol–water partition coefficient (Wildman–Crippen LogP) is 11.9. The summed E-state index contributed by atoms with van der Waals surface area (Å²) in [6.45, 7) is 0. The van der Waals surface area contributed by atoms with Crippen molar-refractivity contribution in [2.75, 3.05) is 4.90 Å². The van der Waals surface area contributed by atoms with E-state index in [9.17, 15) is 0 Å². The van der Waals surface area contributed by atoms with E-state index < -0.39 is 0 Å². The molecule has 0 heterocycles. The van der Waals surface area contributed by atoms with Gasteiger partial charge in [0.1, 0.15) is 0 Å². The maximum Gasteiger partial charge on any atom is 0.0624 e. The second-order valence-electron chi connectivity index (χ2n) is 11.4. The molecule has 1 heteroatoms. The molecule has 0 bridgehead atoms. The highest BCUT2D eigenvalue weighted by Gasteiger charge is 2.31. The van der Waals surface area contributed by atoms with E-state index in [1.54, 1.807) is 0 Å². The zero-order valence-corrected chi connectivity index (χ0v) is 23.5. The van der Waals surface area contributed by atoms with Crippen LogP contribution in [0.5, 0.6) is 0 Å². The summed E-state index contributed by atoms with van der Waals surface area (Å²) in [5, 5.41) is 7.53. The van der Waals surface area contributed by atoms with Gasteiger partial charge in [0.25, 0.3) is 0 Å².